The number of aliphatic carboxylic acids is 1. The van der Waals surface area contributed by atoms with Crippen LogP contribution in [0.4, 0.5) is 0 Å². The van der Waals surface area contributed by atoms with E-state index in [9.17, 15) is 4.79 Å². The molecule has 0 spiro atoms. The molecule has 0 aromatic heterocycles. The zero-order chi connectivity index (χ0) is 13.7. The number of carbonyl (C=O) groups is 1. The minimum Gasteiger partial charge on any atom is -0.490 e. The van der Waals surface area contributed by atoms with Crippen LogP contribution in [0.1, 0.15) is 12.0 Å². The van der Waals surface area contributed by atoms with Gasteiger partial charge in [-0.15, -0.1) is 0 Å². The lowest BCUT2D eigenvalue weighted by Crippen LogP contribution is -2.09. The fourth-order valence-corrected chi connectivity index (χ4v) is 2.28. The highest BCUT2D eigenvalue weighted by Gasteiger charge is 2.13. The van der Waals surface area contributed by atoms with E-state index >= 15 is 0 Å². The van der Waals surface area contributed by atoms with Crippen LogP contribution in [0.3, 0.4) is 0 Å². The van der Waals surface area contributed by atoms with Gasteiger partial charge in [-0.3, -0.25) is 0 Å². The maximum atomic E-state index is 10.3. The summed E-state index contributed by atoms with van der Waals surface area (Å²) in [5, 5.41) is 8.48. The summed E-state index contributed by atoms with van der Waals surface area (Å²) in [5.74, 6) is 0.506. The number of hydrogen-bond acceptors (Lipinski definition) is 4. The van der Waals surface area contributed by atoms with Gasteiger partial charge < -0.3 is 19.3 Å². The van der Waals surface area contributed by atoms with Crippen LogP contribution in [0.25, 0.3) is 0 Å². The second kappa shape index (κ2) is 6.77. The van der Waals surface area contributed by atoms with E-state index in [-0.39, 0.29) is 6.61 Å². The Morgan fingerprint density at radius 2 is 2.00 bits per heavy atom. The molecule has 6 heteroatoms. The second-order valence-corrected chi connectivity index (χ2v) is 4.99. The highest BCUT2D eigenvalue weighted by atomic mass is 79.9. The quantitative estimate of drug-likeness (QED) is 0.839. The van der Waals surface area contributed by atoms with Crippen LogP contribution >= 0.6 is 15.9 Å². The maximum Gasteiger partial charge on any atom is 0.329 e. The van der Waals surface area contributed by atoms with Crippen LogP contribution in [-0.4, -0.2) is 37.5 Å². The van der Waals surface area contributed by atoms with Crippen molar-refractivity contribution in [2.45, 2.75) is 12.8 Å². The SMILES string of the molecule is O=C(O)COCCc1cc2c(cc1Br)OCCCO2. The second-order valence-electron chi connectivity index (χ2n) is 4.14. The fraction of sp³-hybridized carbons (Fsp3) is 0.462. The molecule has 0 bridgehead atoms. The van der Waals surface area contributed by atoms with E-state index in [0.29, 0.717) is 26.2 Å². The lowest BCUT2D eigenvalue weighted by Gasteiger charge is -2.11. The Bertz CT molecular complexity index is 461. The van der Waals surface area contributed by atoms with Crippen molar-refractivity contribution < 1.29 is 24.1 Å². The van der Waals surface area contributed by atoms with Gasteiger partial charge in [0.05, 0.1) is 19.8 Å². The van der Waals surface area contributed by atoms with Gasteiger partial charge in [0.1, 0.15) is 6.61 Å². The monoisotopic (exact) mass is 330 g/mol. The standard InChI is InChI=1S/C13H15BrO5/c14-10-7-12-11(18-3-1-4-19-12)6-9(10)2-5-17-8-13(15)16/h6-7H,1-5,8H2,(H,15,16). The molecule has 0 amide bonds. The van der Waals surface area contributed by atoms with Crippen LogP contribution < -0.4 is 9.47 Å². The topological polar surface area (TPSA) is 65.0 Å². The summed E-state index contributed by atoms with van der Waals surface area (Å²) in [6.07, 6.45) is 1.48. The molecule has 1 N–H and O–H groups in total. The molecule has 1 aliphatic rings. The Labute approximate surface area is 119 Å². The van der Waals surface area contributed by atoms with Crippen LogP contribution in [0, 0.1) is 0 Å². The first kappa shape index (κ1) is 14.1. The lowest BCUT2D eigenvalue weighted by atomic mass is 10.1. The van der Waals surface area contributed by atoms with Crippen molar-refractivity contribution in [2.75, 3.05) is 26.4 Å². The third-order valence-electron chi connectivity index (χ3n) is 2.66. The van der Waals surface area contributed by atoms with Gasteiger partial charge in [0.2, 0.25) is 0 Å². The van der Waals surface area contributed by atoms with Crippen molar-refractivity contribution in [1.29, 1.82) is 0 Å². The number of hydrogen-bond donors (Lipinski definition) is 1. The average Bonchev–Trinajstić information content (AvgIpc) is 2.59. The molecule has 0 saturated heterocycles. The molecule has 5 nitrogen and oxygen atoms in total. The summed E-state index contributed by atoms with van der Waals surface area (Å²) in [7, 11) is 0. The first-order valence-electron chi connectivity index (χ1n) is 6.04. The molecule has 104 valence electrons. The molecule has 0 saturated carbocycles. The molecule has 0 atom stereocenters. The van der Waals surface area contributed by atoms with E-state index in [2.05, 4.69) is 15.9 Å². The maximum absolute atomic E-state index is 10.3. The van der Waals surface area contributed by atoms with Gasteiger partial charge >= 0.3 is 5.97 Å². The Kier molecular flexibility index (Phi) is 5.04. The zero-order valence-corrected chi connectivity index (χ0v) is 11.9. The highest BCUT2D eigenvalue weighted by molar-refractivity contribution is 9.10. The number of halogens is 1. The molecule has 0 radical (unpaired) electrons. The number of carboxylic acid groups (broad SMARTS) is 1. The van der Waals surface area contributed by atoms with Gasteiger partial charge in [-0.05, 0) is 24.1 Å². The van der Waals surface area contributed by atoms with Crippen LogP contribution in [0.15, 0.2) is 16.6 Å². The molecule has 1 aromatic rings. The van der Waals surface area contributed by atoms with Gasteiger partial charge in [-0.2, -0.15) is 0 Å². The molecular formula is C13H15BrO5. The Morgan fingerprint density at radius 1 is 1.32 bits per heavy atom. The van der Waals surface area contributed by atoms with Crippen LogP contribution in [0.5, 0.6) is 11.5 Å². The van der Waals surface area contributed by atoms with Gasteiger partial charge in [0.15, 0.2) is 11.5 Å². The number of benzene rings is 1. The molecular weight excluding hydrogens is 316 g/mol. The number of carboxylic acids is 1. The van der Waals surface area contributed by atoms with E-state index in [0.717, 1.165) is 28.0 Å². The smallest absolute Gasteiger partial charge is 0.329 e. The molecule has 2 rings (SSSR count). The Balaban J connectivity index is 2.00. The van der Waals surface area contributed by atoms with E-state index < -0.39 is 5.97 Å². The van der Waals surface area contributed by atoms with Crippen LogP contribution in [-0.2, 0) is 16.0 Å². The molecule has 0 fully saturated rings. The summed E-state index contributed by atoms with van der Waals surface area (Å²) in [4.78, 5) is 10.3. The largest absolute Gasteiger partial charge is 0.490 e. The third-order valence-corrected chi connectivity index (χ3v) is 3.40. The number of fused-ring (bicyclic) bond motifs is 1. The summed E-state index contributed by atoms with van der Waals surface area (Å²) < 4.78 is 17.1. The molecule has 0 unspecified atom stereocenters. The summed E-state index contributed by atoms with van der Waals surface area (Å²) in [6.45, 7) is 1.37. The van der Waals surface area contributed by atoms with Gasteiger partial charge in [-0.25, -0.2) is 4.79 Å². The number of rotatable bonds is 5. The first-order valence-corrected chi connectivity index (χ1v) is 6.83. The predicted octanol–water partition coefficient (Wildman–Crippen LogP) is 2.25. The predicted molar refractivity (Wildman–Crippen MR) is 71.9 cm³/mol. The van der Waals surface area contributed by atoms with Crippen molar-refractivity contribution in [3.8, 4) is 11.5 Å². The molecule has 1 aromatic carbocycles. The minimum atomic E-state index is -0.960. The van der Waals surface area contributed by atoms with Crippen LogP contribution in [0.2, 0.25) is 0 Å². The normalized spacial score (nSPS) is 13.9. The summed E-state index contributed by atoms with van der Waals surface area (Å²) in [6, 6.07) is 3.79. The highest BCUT2D eigenvalue weighted by Crippen LogP contribution is 2.35. The summed E-state index contributed by atoms with van der Waals surface area (Å²) >= 11 is 3.47. The van der Waals surface area contributed by atoms with Crippen molar-refractivity contribution in [3.63, 3.8) is 0 Å². The molecule has 19 heavy (non-hydrogen) atoms. The average molecular weight is 331 g/mol. The van der Waals surface area contributed by atoms with E-state index in [4.69, 9.17) is 19.3 Å². The molecule has 0 aliphatic carbocycles. The van der Waals surface area contributed by atoms with E-state index in [1.54, 1.807) is 0 Å². The minimum absolute atomic E-state index is 0.276. The molecule has 1 aliphatic heterocycles. The lowest BCUT2D eigenvalue weighted by molar-refractivity contribution is -0.142. The van der Waals surface area contributed by atoms with Crippen molar-refractivity contribution in [2.24, 2.45) is 0 Å². The van der Waals surface area contributed by atoms with Gasteiger partial charge in [-0.1, -0.05) is 15.9 Å². The fourth-order valence-electron chi connectivity index (χ4n) is 1.76. The number of ether oxygens (including phenoxy) is 3. The summed E-state index contributed by atoms with van der Waals surface area (Å²) in [5.41, 5.74) is 1.01. The Hall–Kier alpha value is -1.27. The zero-order valence-electron chi connectivity index (χ0n) is 10.4. The van der Waals surface area contributed by atoms with Gasteiger partial charge in [0.25, 0.3) is 0 Å². The van der Waals surface area contributed by atoms with Crippen molar-refractivity contribution >= 4 is 21.9 Å². The third kappa shape index (κ3) is 4.11. The Morgan fingerprint density at radius 3 is 2.68 bits per heavy atom. The van der Waals surface area contributed by atoms with E-state index in [1.807, 2.05) is 12.1 Å². The van der Waals surface area contributed by atoms with Crippen molar-refractivity contribution in [3.05, 3.63) is 22.2 Å². The molecule has 1 heterocycles. The van der Waals surface area contributed by atoms with Gasteiger partial charge in [0, 0.05) is 10.9 Å². The van der Waals surface area contributed by atoms with Crippen molar-refractivity contribution in [1.82, 2.24) is 0 Å². The van der Waals surface area contributed by atoms with E-state index in [1.165, 1.54) is 0 Å². The first-order chi connectivity index (χ1) is 9.16.